The molecule has 24 heavy (non-hydrogen) atoms. The van der Waals surface area contributed by atoms with E-state index in [2.05, 4.69) is 10.5 Å². The maximum atomic E-state index is 12.7. The van der Waals surface area contributed by atoms with Gasteiger partial charge in [0.2, 0.25) is 0 Å². The average molecular weight is 343 g/mol. The number of nitrogens with one attached hydrogen (secondary N) is 1. The number of aromatic nitrogens is 1. The Morgan fingerprint density at radius 3 is 2.67 bits per heavy atom. The van der Waals surface area contributed by atoms with Crippen LogP contribution in [0, 0.1) is 13.8 Å². The molecule has 5 nitrogen and oxygen atoms in total. The van der Waals surface area contributed by atoms with Crippen molar-refractivity contribution in [3.63, 3.8) is 0 Å². The van der Waals surface area contributed by atoms with Crippen LogP contribution in [0.2, 0.25) is 5.02 Å². The highest BCUT2D eigenvalue weighted by atomic mass is 35.5. The second-order valence-electron chi connectivity index (χ2n) is 5.40. The van der Waals surface area contributed by atoms with Gasteiger partial charge in [0.05, 0.1) is 5.02 Å². The third kappa shape index (κ3) is 2.98. The van der Waals surface area contributed by atoms with Crippen LogP contribution in [0.1, 0.15) is 21.7 Å². The minimum Gasteiger partial charge on any atom is -0.508 e. The molecule has 0 fully saturated rings. The minimum atomic E-state index is -0.350. The van der Waals surface area contributed by atoms with Crippen molar-refractivity contribution in [3.05, 3.63) is 64.4 Å². The molecule has 0 saturated carbocycles. The smallest absolute Gasteiger partial charge is 0.261 e. The first-order chi connectivity index (χ1) is 11.5. The molecule has 0 atom stereocenters. The van der Waals surface area contributed by atoms with E-state index in [0.717, 1.165) is 5.56 Å². The first kappa shape index (κ1) is 16.1. The molecule has 2 N–H and O–H groups in total. The van der Waals surface area contributed by atoms with E-state index in [1.807, 2.05) is 6.07 Å². The summed E-state index contributed by atoms with van der Waals surface area (Å²) in [6.07, 6.45) is 0. The molecule has 122 valence electrons. The van der Waals surface area contributed by atoms with E-state index >= 15 is 0 Å². The Balaban J connectivity index is 1.99. The van der Waals surface area contributed by atoms with Crippen LogP contribution in [0.4, 0.5) is 5.69 Å². The van der Waals surface area contributed by atoms with E-state index in [-0.39, 0.29) is 11.7 Å². The first-order valence-corrected chi connectivity index (χ1v) is 7.67. The summed E-state index contributed by atoms with van der Waals surface area (Å²) in [5, 5.41) is 16.8. The van der Waals surface area contributed by atoms with Crippen LogP contribution < -0.4 is 5.32 Å². The van der Waals surface area contributed by atoms with Gasteiger partial charge in [0, 0.05) is 11.3 Å². The maximum Gasteiger partial charge on any atom is 0.261 e. The Kier molecular flexibility index (Phi) is 4.27. The lowest BCUT2D eigenvalue weighted by Crippen LogP contribution is -2.14. The number of amides is 1. The SMILES string of the molecule is Cc1cc(O)ccc1NC(=O)c1c(-c2ccccc2Cl)noc1C. The number of hydrogen-bond acceptors (Lipinski definition) is 4. The van der Waals surface area contributed by atoms with E-state index in [1.165, 1.54) is 6.07 Å². The number of carbonyl (C=O) groups is 1. The van der Waals surface area contributed by atoms with Crippen LogP contribution in [0.25, 0.3) is 11.3 Å². The van der Waals surface area contributed by atoms with Gasteiger partial charge in [-0.05, 0) is 43.7 Å². The van der Waals surface area contributed by atoms with Crippen LogP contribution in [0.5, 0.6) is 5.75 Å². The van der Waals surface area contributed by atoms with Gasteiger partial charge in [0.1, 0.15) is 22.8 Å². The van der Waals surface area contributed by atoms with Crippen molar-refractivity contribution in [1.82, 2.24) is 5.16 Å². The lowest BCUT2D eigenvalue weighted by molar-refractivity contribution is 0.102. The standard InChI is InChI=1S/C18H15ClN2O3/c1-10-9-12(22)7-8-15(10)20-18(23)16-11(2)24-21-17(16)13-5-3-4-6-14(13)19/h3-9,22H,1-2H3,(H,20,23). The highest BCUT2D eigenvalue weighted by molar-refractivity contribution is 6.33. The summed E-state index contributed by atoms with van der Waals surface area (Å²) in [4.78, 5) is 12.7. The van der Waals surface area contributed by atoms with Gasteiger partial charge in [-0.2, -0.15) is 0 Å². The van der Waals surface area contributed by atoms with Gasteiger partial charge in [-0.25, -0.2) is 0 Å². The fourth-order valence-electron chi connectivity index (χ4n) is 2.45. The lowest BCUT2D eigenvalue weighted by atomic mass is 10.1. The number of rotatable bonds is 3. The van der Waals surface area contributed by atoms with Crippen molar-refractivity contribution < 1.29 is 14.4 Å². The Morgan fingerprint density at radius 2 is 1.96 bits per heavy atom. The van der Waals surface area contributed by atoms with Gasteiger partial charge in [-0.15, -0.1) is 0 Å². The minimum absolute atomic E-state index is 0.142. The van der Waals surface area contributed by atoms with Gasteiger partial charge in [-0.3, -0.25) is 4.79 Å². The van der Waals surface area contributed by atoms with Gasteiger partial charge >= 0.3 is 0 Å². The van der Waals surface area contributed by atoms with Gasteiger partial charge < -0.3 is 14.9 Å². The Hall–Kier alpha value is -2.79. The molecule has 1 aromatic heterocycles. The third-order valence-electron chi connectivity index (χ3n) is 3.68. The second kappa shape index (κ2) is 6.37. The predicted molar refractivity (Wildman–Crippen MR) is 92.5 cm³/mol. The van der Waals surface area contributed by atoms with Crippen molar-refractivity contribution in [2.75, 3.05) is 5.32 Å². The molecule has 6 heteroatoms. The molecular formula is C18H15ClN2O3. The number of phenolic OH excluding ortho intramolecular Hbond substituents is 1. The summed E-state index contributed by atoms with van der Waals surface area (Å²) >= 11 is 6.21. The number of carbonyl (C=O) groups excluding carboxylic acids is 1. The maximum absolute atomic E-state index is 12.7. The molecule has 3 rings (SSSR count). The highest BCUT2D eigenvalue weighted by Gasteiger charge is 2.23. The summed E-state index contributed by atoms with van der Waals surface area (Å²) in [5.41, 5.74) is 2.70. The molecule has 0 radical (unpaired) electrons. The van der Waals surface area contributed by atoms with Crippen LogP contribution in [-0.2, 0) is 0 Å². The van der Waals surface area contributed by atoms with Gasteiger partial charge in [-0.1, -0.05) is 35.0 Å². The molecule has 0 aliphatic rings. The number of nitrogens with zero attached hydrogens (tertiary/aromatic N) is 1. The summed E-state index contributed by atoms with van der Waals surface area (Å²) in [7, 11) is 0. The zero-order chi connectivity index (χ0) is 17.3. The van der Waals surface area contributed by atoms with Crippen molar-refractivity contribution in [3.8, 4) is 17.0 Å². The van der Waals surface area contributed by atoms with Crippen LogP contribution >= 0.6 is 11.6 Å². The Morgan fingerprint density at radius 1 is 1.21 bits per heavy atom. The van der Waals surface area contributed by atoms with E-state index in [4.69, 9.17) is 16.1 Å². The molecule has 0 bridgehead atoms. The summed E-state index contributed by atoms with van der Waals surface area (Å²) in [6, 6.07) is 11.9. The highest BCUT2D eigenvalue weighted by Crippen LogP contribution is 2.31. The third-order valence-corrected chi connectivity index (χ3v) is 4.01. The molecule has 0 unspecified atom stereocenters. The van der Waals surface area contributed by atoms with Crippen molar-refractivity contribution >= 4 is 23.2 Å². The summed E-state index contributed by atoms with van der Waals surface area (Å²) < 4.78 is 5.20. The number of hydrogen-bond donors (Lipinski definition) is 2. The van der Waals surface area contributed by atoms with Crippen molar-refractivity contribution in [2.24, 2.45) is 0 Å². The van der Waals surface area contributed by atoms with Crippen molar-refractivity contribution in [1.29, 1.82) is 0 Å². The lowest BCUT2D eigenvalue weighted by Gasteiger charge is -2.09. The topological polar surface area (TPSA) is 75.4 Å². The fraction of sp³-hybridized carbons (Fsp3) is 0.111. The van der Waals surface area contributed by atoms with Crippen LogP contribution in [0.3, 0.4) is 0 Å². The largest absolute Gasteiger partial charge is 0.508 e. The summed E-state index contributed by atoms with van der Waals surface area (Å²) in [5.74, 6) is 0.194. The zero-order valence-electron chi connectivity index (χ0n) is 13.1. The normalized spacial score (nSPS) is 10.6. The average Bonchev–Trinajstić information content (AvgIpc) is 2.92. The molecule has 1 amide bonds. The first-order valence-electron chi connectivity index (χ1n) is 7.29. The van der Waals surface area contributed by atoms with E-state index in [1.54, 1.807) is 44.2 Å². The Labute approximate surface area is 143 Å². The fourth-order valence-corrected chi connectivity index (χ4v) is 2.67. The van der Waals surface area contributed by atoms with Crippen LogP contribution in [-0.4, -0.2) is 16.2 Å². The van der Waals surface area contributed by atoms with E-state index in [0.29, 0.717) is 33.3 Å². The van der Waals surface area contributed by atoms with Crippen molar-refractivity contribution in [2.45, 2.75) is 13.8 Å². The number of aromatic hydroxyl groups is 1. The molecule has 0 spiro atoms. The molecule has 0 saturated heterocycles. The van der Waals surface area contributed by atoms with E-state index < -0.39 is 0 Å². The molecule has 0 aliphatic heterocycles. The molecule has 2 aromatic carbocycles. The van der Waals surface area contributed by atoms with Crippen LogP contribution in [0.15, 0.2) is 47.0 Å². The molecule has 3 aromatic rings. The number of benzene rings is 2. The quantitative estimate of drug-likeness (QED) is 0.684. The zero-order valence-corrected chi connectivity index (χ0v) is 13.9. The van der Waals surface area contributed by atoms with Gasteiger partial charge in [0.15, 0.2) is 0 Å². The number of halogens is 1. The number of anilines is 1. The Bertz CT molecular complexity index is 918. The summed E-state index contributed by atoms with van der Waals surface area (Å²) in [6.45, 7) is 3.47. The number of phenols is 1. The second-order valence-corrected chi connectivity index (χ2v) is 5.80. The molecule has 0 aliphatic carbocycles. The molecule has 1 heterocycles. The van der Waals surface area contributed by atoms with Gasteiger partial charge in [0.25, 0.3) is 5.91 Å². The number of aryl methyl sites for hydroxylation is 2. The molecular weight excluding hydrogens is 328 g/mol. The predicted octanol–water partition coefficient (Wildman–Crippen LogP) is 4.57. The monoisotopic (exact) mass is 342 g/mol. The van der Waals surface area contributed by atoms with E-state index in [9.17, 15) is 9.90 Å².